The van der Waals surface area contributed by atoms with Crippen LogP contribution in [0.5, 0.6) is 0 Å². The number of hydrogen-bond donors (Lipinski definition) is 1. The highest BCUT2D eigenvalue weighted by molar-refractivity contribution is 5.81. The molecule has 132 valence electrons. The first kappa shape index (κ1) is 21.0. The van der Waals surface area contributed by atoms with Crippen molar-refractivity contribution in [1.82, 2.24) is 0 Å². The van der Waals surface area contributed by atoms with Gasteiger partial charge in [0.25, 0.3) is 0 Å². The fraction of sp³-hybridized carbons (Fsp3) is 0.923. The van der Waals surface area contributed by atoms with E-state index in [4.69, 9.17) is 5.11 Å². The quantitative estimate of drug-likeness (QED) is 0.390. The predicted octanol–water partition coefficient (Wildman–Crippen LogP) is 4.14. The van der Waals surface area contributed by atoms with Gasteiger partial charge >= 0.3 is 23.9 Å². The van der Waals surface area contributed by atoms with E-state index in [1.165, 1.54) is 0 Å². The Morgan fingerprint density at radius 2 is 1.27 bits per heavy atom. The van der Waals surface area contributed by atoms with Gasteiger partial charge in [0, 0.05) is 0 Å². The number of esters is 1. The first-order valence-corrected chi connectivity index (χ1v) is 7.01. The molecule has 0 rings (SSSR count). The van der Waals surface area contributed by atoms with Gasteiger partial charge in [-0.25, -0.2) is 4.79 Å². The zero-order chi connectivity index (χ0) is 17.4. The topological polar surface area (TPSA) is 46.5 Å². The molecule has 3 nitrogen and oxygen atoms in total. The van der Waals surface area contributed by atoms with Crippen molar-refractivity contribution in [2.24, 2.45) is 0 Å². The second-order valence-electron chi connectivity index (χ2n) is 4.96. The number of hydrogen-bond acceptors (Lipinski definition) is 3. The zero-order valence-electron chi connectivity index (χ0n) is 12.2. The third-order valence-corrected chi connectivity index (χ3v) is 3.10. The monoisotopic (exact) mass is 338 g/mol. The average molecular weight is 338 g/mol. The van der Waals surface area contributed by atoms with Gasteiger partial charge in [-0.2, -0.15) is 26.3 Å². The van der Waals surface area contributed by atoms with E-state index in [0.717, 1.165) is 32.1 Å². The molecule has 0 aromatic heterocycles. The Morgan fingerprint density at radius 3 is 1.68 bits per heavy atom. The minimum atomic E-state index is -6.19. The van der Waals surface area contributed by atoms with E-state index in [1.807, 2.05) is 6.92 Å². The number of carbonyl (C=O) groups is 1. The molecule has 0 spiro atoms. The third kappa shape index (κ3) is 5.66. The van der Waals surface area contributed by atoms with Gasteiger partial charge in [0.15, 0.2) is 0 Å². The van der Waals surface area contributed by atoms with Crippen LogP contribution in [0.4, 0.5) is 26.3 Å². The van der Waals surface area contributed by atoms with Crippen molar-refractivity contribution >= 4 is 5.97 Å². The smallest absolute Gasteiger partial charge is 0.437 e. The molecule has 0 unspecified atom stereocenters. The molecule has 0 saturated carbocycles. The highest BCUT2D eigenvalue weighted by Gasteiger charge is 2.76. The number of unbranched alkanes of at least 4 members (excludes halogenated alkanes) is 6. The third-order valence-electron chi connectivity index (χ3n) is 3.10. The van der Waals surface area contributed by atoms with Gasteiger partial charge in [0.1, 0.15) is 0 Å². The molecule has 0 aliphatic carbocycles. The van der Waals surface area contributed by atoms with Gasteiger partial charge < -0.3 is 9.84 Å². The highest BCUT2D eigenvalue weighted by atomic mass is 19.4. The lowest BCUT2D eigenvalue weighted by Crippen LogP contribution is -2.63. The fourth-order valence-corrected chi connectivity index (χ4v) is 1.72. The average Bonchev–Trinajstić information content (AvgIpc) is 2.37. The number of carbonyl (C=O) groups excluding carboxylic acids is 1. The van der Waals surface area contributed by atoms with Gasteiger partial charge in [-0.3, -0.25) is 0 Å². The molecule has 0 aliphatic rings. The minimum absolute atomic E-state index is 0.143. The van der Waals surface area contributed by atoms with Crippen LogP contribution in [0.15, 0.2) is 0 Å². The Morgan fingerprint density at radius 1 is 0.864 bits per heavy atom. The van der Waals surface area contributed by atoms with Gasteiger partial charge in [0.05, 0.1) is 6.61 Å². The van der Waals surface area contributed by atoms with Crippen molar-refractivity contribution < 1.29 is 41.0 Å². The van der Waals surface area contributed by atoms with E-state index in [9.17, 15) is 31.1 Å². The molecule has 22 heavy (non-hydrogen) atoms. The predicted molar refractivity (Wildman–Crippen MR) is 66.0 cm³/mol. The summed E-state index contributed by atoms with van der Waals surface area (Å²) in [5.74, 6) is -2.74. The Bertz CT molecular complexity index is 324. The van der Waals surface area contributed by atoms with Crippen LogP contribution in [0.1, 0.15) is 51.9 Å². The fourth-order valence-electron chi connectivity index (χ4n) is 1.72. The van der Waals surface area contributed by atoms with Gasteiger partial charge in [-0.05, 0) is 6.42 Å². The molecule has 0 amide bonds. The summed E-state index contributed by atoms with van der Waals surface area (Å²) in [6.07, 6.45) is -6.97. The van der Waals surface area contributed by atoms with E-state index < -0.39 is 30.5 Å². The van der Waals surface area contributed by atoms with Crippen LogP contribution in [0.25, 0.3) is 0 Å². The normalized spacial score (nSPS) is 13.3. The maximum absolute atomic E-state index is 12.3. The van der Waals surface area contributed by atoms with Gasteiger partial charge in [-0.15, -0.1) is 0 Å². The summed E-state index contributed by atoms with van der Waals surface area (Å²) in [4.78, 5) is 11.0. The molecule has 1 N–H and O–H groups in total. The molecule has 0 heterocycles. The van der Waals surface area contributed by atoms with Crippen LogP contribution >= 0.6 is 0 Å². The Balaban J connectivity index is 4.28. The number of rotatable bonds is 9. The van der Waals surface area contributed by atoms with Crippen molar-refractivity contribution in [3.63, 3.8) is 0 Å². The number of aliphatic hydroxyl groups is 1. The molecule has 0 saturated heterocycles. The summed E-state index contributed by atoms with van der Waals surface area (Å²) in [5.41, 5.74) is -5.48. The van der Waals surface area contributed by atoms with E-state index in [0.29, 0.717) is 6.42 Å². The molecular weight excluding hydrogens is 318 g/mol. The van der Waals surface area contributed by atoms with Crippen LogP contribution in [-0.4, -0.2) is 35.6 Å². The Labute approximate surface area is 124 Å². The highest BCUT2D eigenvalue weighted by Crippen LogP contribution is 2.43. The van der Waals surface area contributed by atoms with Crippen LogP contribution in [-0.2, 0) is 9.53 Å². The first-order chi connectivity index (χ1) is 9.98. The van der Waals surface area contributed by atoms with Crippen molar-refractivity contribution in [2.75, 3.05) is 6.61 Å². The van der Waals surface area contributed by atoms with Gasteiger partial charge in [-0.1, -0.05) is 45.4 Å². The van der Waals surface area contributed by atoms with Crippen molar-refractivity contribution in [2.45, 2.75) is 69.8 Å². The summed E-state index contributed by atoms with van der Waals surface area (Å²) in [7, 11) is 0. The Hall–Kier alpha value is -0.990. The van der Waals surface area contributed by atoms with E-state index in [1.54, 1.807) is 0 Å². The second kappa shape index (κ2) is 8.59. The number of ether oxygens (including phenoxy) is 1. The molecule has 0 aromatic carbocycles. The summed E-state index contributed by atoms with van der Waals surface area (Å²) < 4.78 is 77.9. The first-order valence-electron chi connectivity index (χ1n) is 7.01. The van der Waals surface area contributed by atoms with Crippen LogP contribution < -0.4 is 0 Å². The summed E-state index contributed by atoms with van der Waals surface area (Å²) in [6, 6.07) is 0. The SMILES string of the molecule is CCCCCCCCCOC(=O)C(O)(C(F)(F)F)C(F)(F)F. The van der Waals surface area contributed by atoms with E-state index in [2.05, 4.69) is 4.74 Å². The molecule has 0 aromatic rings. The van der Waals surface area contributed by atoms with E-state index in [-0.39, 0.29) is 6.42 Å². The maximum atomic E-state index is 12.3. The zero-order valence-corrected chi connectivity index (χ0v) is 12.2. The Kier molecular flexibility index (Phi) is 8.21. The minimum Gasteiger partial charge on any atom is -0.463 e. The largest absolute Gasteiger partial charge is 0.463 e. The molecule has 9 heteroatoms. The van der Waals surface area contributed by atoms with Crippen molar-refractivity contribution in [1.29, 1.82) is 0 Å². The molecule has 0 aliphatic heterocycles. The summed E-state index contributed by atoms with van der Waals surface area (Å²) in [6.45, 7) is 1.43. The lowest BCUT2D eigenvalue weighted by atomic mass is 10.0. The standard InChI is InChI=1S/C13H20F6O3/c1-2-3-4-5-6-7-8-9-22-10(20)11(21,12(14,15)16)13(17,18)19/h21H,2-9H2,1H3. The van der Waals surface area contributed by atoms with Crippen molar-refractivity contribution in [3.8, 4) is 0 Å². The molecule has 0 atom stereocenters. The molecule has 0 bridgehead atoms. The van der Waals surface area contributed by atoms with E-state index >= 15 is 0 Å². The lowest BCUT2D eigenvalue weighted by molar-refractivity contribution is -0.356. The van der Waals surface area contributed by atoms with Crippen LogP contribution in [0, 0.1) is 0 Å². The summed E-state index contributed by atoms with van der Waals surface area (Å²) in [5, 5.41) is 8.73. The lowest BCUT2D eigenvalue weighted by Gasteiger charge is -2.29. The molecule has 0 radical (unpaired) electrons. The van der Waals surface area contributed by atoms with Crippen LogP contribution in [0.2, 0.25) is 0 Å². The number of halogens is 6. The summed E-state index contributed by atoms with van der Waals surface area (Å²) >= 11 is 0. The number of alkyl halides is 6. The maximum Gasteiger partial charge on any atom is 0.437 e. The van der Waals surface area contributed by atoms with Crippen LogP contribution in [0.3, 0.4) is 0 Å². The molecular formula is C13H20F6O3. The van der Waals surface area contributed by atoms with Gasteiger partial charge in [0.2, 0.25) is 0 Å². The molecule has 0 fully saturated rings. The van der Waals surface area contributed by atoms with Crippen molar-refractivity contribution in [3.05, 3.63) is 0 Å². The second-order valence-corrected chi connectivity index (χ2v) is 4.96.